The third-order valence-corrected chi connectivity index (χ3v) is 4.91. The van der Waals surface area contributed by atoms with E-state index in [2.05, 4.69) is 15.6 Å². The predicted molar refractivity (Wildman–Crippen MR) is 103 cm³/mol. The Balaban J connectivity index is 1.53. The zero-order valence-corrected chi connectivity index (χ0v) is 15.8. The molecule has 0 unspecified atom stereocenters. The van der Waals surface area contributed by atoms with E-state index in [9.17, 15) is 22.8 Å². The maximum Gasteiger partial charge on any atom is 0.417 e. The van der Waals surface area contributed by atoms with Crippen LogP contribution in [0.5, 0.6) is 0 Å². The zero-order valence-electron chi connectivity index (χ0n) is 15.8. The summed E-state index contributed by atoms with van der Waals surface area (Å²) in [5.41, 5.74) is 0.329. The highest BCUT2D eigenvalue weighted by Gasteiger charge is 2.31. The van der Waals surface area contributed by atoms with Gasteiger partial charge in [-0.3, -0.25) is 9.59 Å². The largest absolute Gasteiger partial charge is 0.417 e. The quantitative estimate of drug-likeness (QED) is 0.817. The third-order valence-electron chi connectivity index (χ3n) is 4.91. The number of pyridine rings is 1. The Labute approximate surface area is 166 Å². The molecule has 1 saturated heterocycles. The van der Waals surface area contributed by atoms with Gasteiger partial charge in [0.25, 0.3) is 5.91 Å². The molecule has 1 aromatic heterocycles. The average Bonchev–Trinajstić information content (AvgIpc) is 2.73. The Bertz CT molecular complexity index is 859. The minimum atomic E-state index is -4.41. The standard InChI is InChI=1S/C20H21F3N4O2/c1-24-18(28)13-2-5-16(6-3-13)26-19(29)14-8-10-27(11-9-14)17-7-4-15(12-25-17)20(21,22)23/h2-7,12,14H,8-11H2,1H3,(H,24,28)(H,26,29). The number of piperidine rings is 1. The molecular weight excluding hydrogens is 385 g/mol. The number of anilines is 2. The summed E-state index contributed by atoms with van der Waals surface area (Å²) in [6.07, 6.45) is -2.43. The molecule has 0 radical (unpaired) electrons. The molecule has 2 heterocycles. The van der Waals surface area contributed by atoms with Gasteiger partial charge in [0, 0.05) is 43.5 Å². The van der Waals surface area contributed by atoms with Gasteiger partial charge in [0.1, 0.15) is 5.82 Å². The predicted octanol–water partition coefficient (Wildman–Crippen LogP) is 3.32. The highest BCUT2D eigenvalue weighted by atomic mass is 19.4. The number of aromatic nitrogens is 1. The first-order valence-corrected chi connectivity index (χ1v) is 9.19. The van der Waals surface area contributed by atoms with Crippen molar-refractivity contribution in [2.75, 3.05) is 30.4 Å². The lowest BCUT2D eigenvalue weighted by Crippen LogP contribution is -2.38. The van der Waals surface area contributed by atoms with E-state index in [0.29, 0.717) is 43.0 Å². The molecule has 2 aromatic rings. The van der Waals surface area contributed by atoms with Crippen LogP contribution in [0.2, 0.25) is 0 Å². The number of hydrogen-bond donors (Lipinski definition) is 2. The molecule has 2 N–H and O–H groups in total. The molecule has 1 fully saturated rings. The number of halogens is 3. The molecule has 29 heavy (non-hydrogen) atoms. The van der Waals surface area contributed by atoms with Gasteiger partial charge in [-0.2, -0.15) is 13.2 Å². The fourth-order valence-corrected chi connectivity index (χ4v) is 3.21. The maximum atomic E-state index is 12.6. The lowest BCUT2D eigenvalue weighted by Gasteiger charge is -2.32. The van der Waals surface area contributed by atoms with Gasteiger partial charge >= 0.3 is 6.18 Å². The van der Waals surface area contributed by atoms with Crippen LogP contribution in [-0.2, 0) is 11.0 Å². The van der Waals surface area contributed by atoms with Gasteiger partial charge in [-0.15, -0.1) is 0 Å². The van der Waals surface area contributed by atoms with E-state index >= 15 is 0 Å². The van der Waals surface area contributed by atoms with Crippen LogP contribution in [0.1, 0.15) is 28.8 Å². The molecule has 1 aliphatic rings. The van der Waals surface area contributed by atoms with Crippen LogP contribution in [-0.4, -0.2) is 36.9 Å². The van der Waals surface area contributed by atoms with E-state index < -0.39 is 11.7 Å². The van der Waals surface area contributed by atoms with Crippen LogP contribution in [0, 0.1) is 5.92 Å². The van der Waals surface area contributed by atoms with Gasteiger partial charge in [0.2, 0.25) is 5.91 Å². The minimum Gasteiger partial charge on any atom is -0.357 e. The number of alkyl halides is 3. The molecule has 1 aromatic carbocycles. The van der Waals surface area contributed by atoms with Crippen molar-refractivity contribution < 1.29 is 22.8 Å². The second kappa shape index (κ2) is 8.50. The number of carbonyl (C=O) groups is 2. The van der Waals surface area contributed by atoms with Crippen molar-refractivity contribution in [2.24, 2.45) is 5.92 Å². The molecular formula is C20H21F3N4O2. The summed E-state index contributed by atoms with van der Waals surface area (Å²) in [7, 11) is 1.55. The molecule has 2 amide bonds. The van der Waals surface area contributed by atoms with E-state index in [1.165, 1.54) is 6.07 Å². The summed E-state index contributed by atoms with van der Waals surface area (Å²) in [4.78, 5) is 29.8. The summed E-state index contributed by atoms with van der Waals surface area (Å²) in [5.74, 6) is -0.0363. The Hall–Kier alpha value is -3.10. The Morgan fingerprint density at radius 3 is 2.24 bits per heavy atom. The lowest BCUT2D eigenvalue weighted by atomic mass is 9.95. The van der Waals surface area contributed by atoms with Crippen LogP contribution in [0.15, 0.2) is 42.6 Å². The van der Waals surface area contributed by atoms with Crippen molar-refractivity contribution in [3.05, 3.63) is 53.7 Å². The monoisotopic (exact) mass is 406 g/mol. The molecule has 0 bridgehead atoms. The van der Waals surface area contributed by atoms with Crippen LogP contribution in [0.25, 0.3) is 0 Å². The SMILES string of the molecule is CNC(=O)c1ccc(NC(=O)C2CCN(c3ccc(C(F)(F)F)cn3)CC2)cc1. The molecule has 9 heteroatoms. The van der Waals surface area contributed by atoms with Crippen LogP contribution in [0.3, 0.4) is 0 Å². The van der Waals surface area contributed by atoms with Gasteiger partial charge in [0.05, 0.1) is 5.56 Å². The molecule has 1 aliphatic heterocycles. The normalized spacial score (nSPS) is 15.1. The Morgan fingerprint density at radius 2 is 1.72 bits per heavy atom. The molecule has 0 saturated carbocycles. The average molecular weight is 406 g/mol. The Kier molecular flexibility index (Phi) is 6.05. The summed E-state index contributed by atoms with van der Waals surface area (Å²) >= 11 is 0. The van der Waals surface area contributed by atoms with E-state index in [1.807, 2.05) is 4.90 Å². The topological polar surface area (TPSA) is 74.3 Å². The number of benzene rings is 1. The fraction of sp³-hybridized carbons (Fsp3) is 0.350. The van der Waals surface area contributed by atoms with E-state index in [0.717, 1.165) is 12.3 Å². The summed E-state index contributed by atoms with van der Waals surface area (Å²) in [6, 6.07) is 8.98. The number of rotatable bonds is 4. The van der Waals surface area contributed by atoms with Crippen molar-refractivity contribution in [1.29, 1.82) is 0 Å². The second-order valence-electron chi connectivity index (χ2n) is 6.81. The van der Waals surface area contributed by atoms with E-state index in [1.54, 1.807) is 31.3 Å². The summed E-state index contributed by atoms with van der Waals surface area (Å²) in [5, 5.41) is 5.37. The van der Waals surface area contributed by atoms with Crippen molar-refractivity contribution in [1.82, 2.24) is 10.3 Å². The van der Waals surface area contributed by atoms with Gasteiger partial charge < -0.3 is 15.5 Å². The molecule has 154 valence electrons. The highest BCUT2D eigenvalue weighted by Crippen LogP contribution is 2.30. The van der Waals surface area contributed by atoms with E-state index in [-0.39, 0.29) is 17.7 Å². The molecule has 0 atom stereocenters. The first kappa shape index (κ1) is 20.6. The number of amides is 2. The third kappa shape index (κ3) is 5.04. The Morgan fingerprint density at radius 1 is 1.07 bits per heavy atom. The van der Waals surface area contributed by atoms with Gasteiger partial charge in [-0.1, -0.05) is 0 Å². The summed E-state index contributed by atoms with van der Waals surface area (Å²) in [6.45, 7) is 1.07. The second-order valence-corrected chi connectivity index (χ2v) is 6.81. The fourth-order valence-electron chi connectivity index (χ4n) is 3.21. The van der Waals surface area contributed by atoms with Crippen LogP contribution < -0.4 is 15.5 Å². The first-order valence-electron chi connectivity index (χ1n) is 9.19. The van der Waals surface area contributed by atoms with Crippen molar-refractivity contribution >= 4 is 23.3 Å². The van der Waals surface area contributed by atoms with Crippen molar-refractivity contribution in [3.8, 4) is 0 Å². The first-order chi connectivity index (χ1) is 13.8. The van der Waals surface area contributed by atoms with Crippen LogP contribution >= 0.6 is 0 Å². The molecule has 0 spiro atoms. The number of hydrogen-bond acceptors (Lipinski definition) is 4. The van der Waals surface area contributed by atoms with Gasteiger partial charge in [-0.25, -0.2) is 4.98 Å². The van der Waals surface area contributed by atoms with Crippen molar-refractivity contribution in [2.45, 2.75) is 19.0 Å². The number of nitrogens with zero attached hydrogens (tertiary/aromatic N) is 2. The summed E-state index contributed by atoms with van der Waals surface area (Å²) < 4.78 is 37.9. The highest BCUT2D eigenvalue weighted by molar-refractivity contribution is 5.96. The molecule has 0 aliphatic carbocycles. The smallest absolute Gasteiger partial charge is 0.357 e. The number of carbonyl (C=O) groups excluding carboxylic acids is 2. The van der Waals surface area contributed by atoms with Gasteiger partial charge in [0.15, 0.2) is 0 Å². The zero-order chi connectivity index (χ0) is 21.0. The van der Waals surface area contributed by atoms with Gasteiger partial charge in [-0.05, 0) is 49.2 Å². The van der Waals surface area contributed by atoms with Crippen molar-refractivity contribution in [3.63, 3.8) is 0 Å². The van der Waals surface area contributed by atoms with Crippen LogP contribution in [0.4, 0.5) is 24.7 Å². The molecule has 6 nitrogen and oxygen atoms in total. The minimum absolute atomic E-state index is 0.113. The van der Waals surface area contributed by atoms with E-state index in [4.69, 9.17) is 0 Å². The maximum absolute atomic E-state index is 12.6. The number of nitrogens with one attached hydrogen (secondary N) is 2. The molecule has 3 rings (SSSR count). The lowest BCUT2D eigenvalue weighted by molar-refractivity contribution is -0.137.